The Hall–Kier alpha value is -2.22. The molecule has 0 fully saturated rings. The molecule has 0 heterocycles. The first kappa shape index (κ1) is 38.2. The molecule has 4 heteroatoms. The Morgan fingerprint density at radius 2 is 1.24 bits per heavy atom. The van der Waals surface area contributed by atoms with Crippen molar-refractivity contribution in [3.05, 3.63) is 131 Å². The van der Waals surface area contributed by atoms with Crippen molar-refractivity contribution in [2.45, 2.75) is 79.8 Å². The Bertz CT molecular complexity index is 1800. The summed E-state index contributed by atoms with van der Waals surface area (Å²) in [5, 5.41) is 5.47. The van der Waals surface area contributed by atoms with E-state index in [1.54, 1.807) is 0 Å². The predicted octanol–water partition coefficient (Wildman–Crippen LogP) is 14.0. The molecule has 0 spiro atoms. The van der Waals surface area contributed by atoms with Gasteiger partial charge in [-0.15, -0.1) is 68.6 Å². The summed E-state index contributed by atoms with van der Waals surface area (Å²) in [4.78, 5) is 0. The molecule has 0 aliphatic carbocycles. The number of hydrogen-bond donors (Lipinski definition) is 0. The first-order valence-corrected chi connectivity index (χ1v) is 24.3. The summed E-state index contributed by atoms with van der Waals surface area (Å²) < 4.78 is 0. The van der Waals surface area contributed by atoms with Crippen LogP contribution in [0.3, 0.4) is 0 Å². The summed E-state index contributed by atoms with van der Waals surface area (Å²) in [6.07, 6.45) is 0. The van der Waals surface area contributed by atoms with E-state index in [9.17, 15) is 0 Å². The summed E-state index contributed by atoms with van der Waals surface area (Å²) in [6, 6.07) is 38.1. The maximum atomic E-state index is 4.93. The van der Waals surface area contributed by atoms with Crippen LogP contribution in [0.4, 0.5) is 0 Å². The SMILES string of the molecule is C[Si]C.Cc1cc2c(-c3ccc(C(C)(C)C)cc3)ccc(C)c2[cH-]1.Cc1ccc(-c2cccc3[cH-]c(C(C)C)cc23)cc1.[Cl][Zr+2][Cl]. The third-order valence-corrected chi connectivity index (χ3v) is 8.11. The Morgan fingerprint density at radius 1 is 0.696 bits per heavy atom. The first-order valence-electron chi connectivity index (χ1n) is 15.9. The zero-order chi connectivity index (χ0) is 34.0. The van der Waals surface area contributed by atoms with Crippen LogP contribution >= 0.6 is 17.0 Å². The molecular weight excluding hydrogens is 695 g/mol. The molecule has 0 bridgehead atoms. The Labute approximate surface area is 299 Å². The quantitative estimate of drug-likeness (QED) is 0.125. The zero-order valence-corrected chi connectivity index (χ0v) is 34.1. The van der Waals surface area contributed by atoms with Gasteiger partial charge in [-0.3, -0.25) is 0 Å². The van der Waals surface area contributed by atoms with Gasteiger partial charge in [0.05, 0.1) is 0 Å². The molecule has 238 valence electrons. The van der Waals surface area contributed by atoms with Crippen molar-refractivity contribution in [3.8, 4) is 22.3 Å². The topological polar surface area (TPSA) is 0 Å². The van der Waals surface area contributed by atoms with Gasteiger partial charge in [-0.25, -0.2) is 0 Å². The molecule has 6 aromatic carbocycles. The summed E-state index contributed by atoms with van der Waals surface area (Å²) >= 11 is -0.826. The molecule has 0 N–H and O–H groups in total. The van der Waals surface area contributed by atoms with Gasteiger partial charge in [-0.1, -0.05) is 139 Å². The summed E-state index contributed by atoms with van der Waals surface area (Å²) in [6.45, 7) is 22.1. The fourth-order valence-electron chi connectivity index (χ4n) is 5.57. The van der Waals surface area contributed by atoms with Crippen LogP contribution in [-0.4, -0.2) is 9.52 Å². The molecule has 6 aromatic rings. The van der Waals surface area contributed by atoms with E-state index in [2.05, 4.69) is 172 Å². The van der Waals surface area contributed by atoms with E-state index in [0.29, 0.717) is 5.92 Å². The van der Waals surface area contributed by atoms with E-state index >= 15 is 0 Å². The Morgan fingerprint density at radius 3 is 1.78 bits per heavy atom. The average Bonchev–Trinajstić information content (AvgIpc) is 3.63. The summed E-state index contributed by atoms with van der Waals surface area (Å²) in [5.74, 6) is 0.582. The van der Waals surface area contributed by atoms with Gasteiger partial charge in [0, 0.05) is 9.52 Å². The van der Waals surface area contributed by atoms with Crippen LogP contribution in [0, 0.1) is 20.8 Å². The number of aryl methyl sites for hydroxylation is 3. The van der Waals surface area contributed by atoms with E-state index in [-0.39, 0.29) is 5.41 Å². The number of rotatable bonds is 3. The first-order chi connectivity index (χ1) is 21.8. The van der Waals surface area contributed by atoms with Crippen molar-refractivity contribution in [1.82, 2.24) is 0 Å². The van der Waals surface area contributed by atoms with Crippen LogP contribution in [-0.2, 0) is 26.3 Å². The summed E-state index contributed by atoms with van der Waals surface area (Å²) in [5.41, 5.74) is 12.3. The average molecular weight is 743 g/mol. The van der Waals surface area contributed by atoms with Crippen molar-refractivity contribution in [2.75, 3.05) is 0 Å². The zero-order valence-electron chi connectivity index (χ0n) is 29.1. The van der Waals surface area contributed by atoms with Gasteiger partial charge in [-0.2, -0.15) is 12.1 Å². The van der Waals surface area contributed by atoms with E-state index in [1.165, 1.54) is 71.6 Å². The molecule has 0 saturated heterocycles. The van der Waals surface area contributed by atoms with Crippen LogP contribution in [0.25, 0.3) is 43.8 Å². The van der Waals surface area contributed by atoms with Crippen molar-refractivity contribution in [2.24, 2.45) is 0 Å². The molecule has 0 saturated carbocycles. The minimum atomic E-state index is -0.826. The van der Waals surface area contributed by atoms with Crippen molar-refractivity contribution in [3.63, 3.8) is 0 Å². The standard InChI is InChI=1S/C21H23.C19H19.C2H6Si.2ClH.Zr/c1-14-12-19-15(2)6-11-18(20(19)13-14)16-7-9-17(10-8-16)21(3,4)5;1-13(2)17-11-16-5-4-6-18(19(16)12-17)15-9-7-14(3)8-10-15;1-3-2;;;/h6-13H,1-5H3;4-13H,1-3H3;1-2H3;2*1H;/q2*-1;;;;+4/p-2. The Kier molecular flexibility index (Phi) is 14.8. The molecule has 6 rings (SSSR count). The fourth-order valence-corrected chi connectivity index (χ4v) is 5.57. The molecule has 0 atom stereocenters. The number of halogens is 2. The molecule has 0 nitrogen and oxygen atoms in total. The van der Waals surface area contributed by atoms with Crippen molar-refractivity contribution in [1.29, 1.82) is 0 Å². The molecule has 0 amide bonds. The van der Waals surface area contributed by atoms with Gasteiger partial charge in [0.25, 0.3) is 0 Å². The van der Waals surface area contributed by atoms with Gasteiger partial charge < -0.3 is 0 Å². The normalized spacial score (nSPS) is 10.8. The molecule has 0 aliphatic heterocycles. The molecule has 2 radical (unpaired) electrons. The van der Waals surface area contributed by atoms with E-state index in [1.807, 2.05) is 0 Å². The van der Waals surface area contributed by atoms with E-state index in [4.69, 9.17) is 17.0 Å². The monoisotopic (exact) mass is 740 g/mol. The van der Waals surface area contributed by atoms with E-state index in [0.717, 1.165) is 9.52 Å². The van der Waals surface area contributed by atoms with Crippen LogP contribution in [0.1, 0.15) is 68.4 Å². The molecule has 0 unspecified atom stereocenters. The van der Waals surface area contributed by atoms with Gasteiger partial charge in [0.1, 0.15) is 0 Å². The van der Waals surface area contributed by atoms with Gasteiger partial charge in [0.15, 0.2) is 0 Å². The minimum absolute atomic E-state index is 0.206. The molecule has 46 heavy (non-hydrogen) atoms. The van der Waals surface area contributed by atoms with Crippen LogP contribution in [0.2, 0.25) is 13.1 Å². The summed E-state index contributed by atoms with van der Waals surface area (Å²) in [7, 11) is 11.0. The molecule has 0 aromatic heterocycles. The van der Waals surface area contributed by atoms with Crippen molar-refractivity contribution < 1.29 is 20.8 Å². The fraction of sp³-hybridized carbons (Fsp3) is 0.286. The molecule has 0 aliphatic rings. The second kappa shape index (κ2) is 17.8. The second-order valence-electron chi connectivity index (χ2n) is 13.3. The number of fused-ring (bicyclic) bond motifs is 2. The predicted molar refractivity (Wildman–Crippen MR) is 206 cm³/mol. The van der Waals surface area contributed by atoms with E-state index < -0.39 is 20.8 Å². The third-order valence-electron chi connectivity index (χ3n) is 8.11. The van der Waals surface area contributed by atoms with Crippen LogP contribution in [0.15, 0.2) is 103 Å². The van der Waals surface area contributed by atoms with Gasteiger partial charge >= 0.3 is 37.9 Å². The van der Waals surface area contributed by atoms with Crippen molar-refractivity contribution >= 4 is 48.1 Å². The maximum absolute atomic E-state index is 4.93. The van der Waals surface area contributed by atoms with Crippen LogP contribution < -0.4 is 0 Å². The van der Waals surface area contributed by atoms with Gasteiger partial charge in [0.2, 0.25) is 0 Å². The number of hydrogen-bond acceptors (Lipinski definition) is 0. The second-order valence-corrected chi connectivity index (χ2v) is 18.0. The number of benzene rings is 4. The third kappa shape index (κ3) is 10.1. The van der Waals surface area contributed by atoms with Gasteiger partial charge in [-0.05, 0) is 34.9 Å². The Balaban J connectivity index is 0.000000215. The van der Waals surface area contributed by atoms with Crippen LogP contribution in [0.5, 0.6) is 0 Å². The molecular formula is C42H48Cl2SiZr.